The van der Waals surface area contributed by atoms with Crippen LogP contribution in [0.25, 0.3) is 0 Å². The van der Waals surface area contributed by atoms with Gasteiger partial charge in [-0.05, 0) is 54.8 Å². The summed E-state index contributed by atoms with van der Waals surface area (Å²) in [5.41, 5.74) is 2.14. The lowest BCUT2D eigenvalue weighted by Crippen LogP contribution is -2.18. The van der Waals surface area contributed by atoms with Crippen LogP contribution >= 0.6 is 11.8 Å². The van der Waals surface area contributed by atoms with Crippen molar-refractivity contribution in [2.24, 2.45) is 0 Å². The van der Waals surface area contributed by atoms with Crippen molar-refractivity contribution in [1.29, 1.82) is 0 Å². The number of carboxylic acid groups (broad SMARTS) is 1. The van der Waals surface area contributed by atoms with Crippen LogP contribution in [-0.2, 0) is 4.79 Å². The van der Waals surface area contributed by atoms with Crippen LogP contribution in [0.5, 0.6) is 11.5 Å². The number of carbonyl (C=O) groups is 1. The highest BCUT2D eigenvalue weighted by Gasteiger charge is 2.32. The van der Waals surface area contributed by atoms with Crippen LogP contribution in [0.2, 0.25) is 0 Å². The van der Waals surface area contributed by atoms with Gasteiger partial charge in [0.15, 0.2) is 6.61 Å². The van der Waals surface area contributed by atoms with Crippen molar-refractivity contribution >= 4 is 17.7 Å². The Morgan fingerprint density at radius 1 is 1.16 bits per heavy atom. The lowest BCUT2D eigenvalue weighted by Gasteiger charge is -2.18. The van der Waals surface area contributed by atoms with Gasteiger partial charge < -0.3 is 14.6 Å². The van der Waals surface area contributed by atoms with Crippen LogP contribution in [0.4, 0.5) is 13.2 Å². The van der Waals surface area contributed by atoms with E-state index in [1.54, 1.807) is 37.3 Å². The number of ether oxygens (including phenoxy) is 2. The Bertz CT molecular complexity index is 1060. The molecule has 2 N–H and O–H groups in total. The number of rotatable bonds is 8. The number of nitrogens with one attached hydrogen (secondary N) is 1. The molecular formula is C20H18F3N3O4S. The number of halogens is 3. The zero-order valence-electron chi connectivity index (χ0n) is 16.4. The van der Waals surface area contributed by atoms with Gasteiger partial charge >= 0.3 is 12.3 Å². The van der Waals surface area contributed by atoms with Crippen molar-refractivity contribution in [1.82, 2.24) is 15.4 Å². The summed E-state index contributed by atoms with van der Waals surface area (Å²) in [5, 5.41) is 18.7. The van der Waals surface area contributed by atoms with Crippen molar-refractivity contribution in [2.45, 2.75) is 30.4 Å². The van der Waals surface area contributed by atoms with Gasteiger partial charge in [0.1, 0.15) is 17.2 Å². The Morgan fingerprint density at radius 3 is 2.55 bits per heavy atom. The van der Waals surface area contributed by atoms with E-state index >= 15 is 0 Å². The Labute approximate surface area is 179 Å². The minimum Gasteiger partial charge on any atom is -0.482 e. The average molecular weight is 453 g/mol. The molecule has 0 aliphatic rings. The van der Waals surface area contributed by atoms with Crippen LogP contribution in [0.15, 0.2) is 47.5 Å². The maximum atomic E-state index is 12.8. The number of aromatic nitrogens is 3. The summed E-state index contributed by atoms with van der Waals surface area (Å²) in [4.78, 5) is 11.5. The maximum Gasteiger partial charge on any atom is 0.573 e. The molecule has 11 heteroatoms. The van der Waals surface area contributed by atoms with Gasteiger partial charge in [0.2, 0.25) is 0 Å². The van der Waals surface area contributed by atoms with Gasteiger partial charge in [0.25, 0.3) is 0 Å². The van der Waals surface area contributed by atoms with E-state index < -0.39 is 24.2 Å². The third kappa shape index (κ3) is 6.14. The summed E-state index contributed by atoms with van der Waals surface area (Å²) in [6.07, 6.45) is -3.30. The SMILES string of the molecule is Cc1cc(SC(c2ccc(C)c(OC(F)(F)F)c2)c2cn[nH]n2)ccc1OCC(=O)O. The molecule has 3 aromatic rings. The van der Waals surface area contributed by atoms with E-state index in [0.717, 1.165) is 10.5 Å². The highest BCUT2D eigenvalue weighted by atomic mass is 32.2. The predicted molar refractivity (Wildman–Crippen MR) is 106 cm³/mol. The molecule has 1 unspecified atom stereocenters. The number of alkyl halides is 3. The summed E-state index contributed by atoms with van der Waals surface area (Å²) in [6.45, 7) is 2.84. The van der Waals surface area contributed by atoms with Crippen molar-refractivity contribution in [3.63, 3.8) is 0 Å². The number of carboxylic acids is 1. The van der Waals surface area contributed by atoms with Gasteiger partial charge in [-0.15, -0.1) is 24.9 Å². The lowest BCUT2D eigenvalue weighted by molar-refractivity contribution is -0.274. The van der Waals surface area contributed by atoms with E-state index in [2.05, 4.69) is 20.1 Å². The average Bonchev–Trinajstić information content (AvgIpc) is 3.20. The van der Waals surface area contributed by atoms with Crippen molar-refractivity contribution in [3.8, 4) is 11.5 Å². The Morgan fingerprint density at radius 2 is 1.94 bits per heavy atom. The number of nitrogens with zero attached hydrogens (tertiary/aromatic N) is 2. The molecule has 7 nitrogen and oxygen atoms in total. The molecule has 0 saturated carbocycles. The van der Waals surface area contributed by atoms with E-state index in [1.165, 1.54) is 30.9 Å². The number of H-pyrrole nitrogens is 1. The highest BCUT2D eigenvalue weighted by Crippen LogP contribution is 2.42. The first-order valence-electron chi connectivity index (χ1n) is 8.96. The van der Waals surface area contributed by atoms with Crippen LogP contribution < -0.4 is 9.47 Å². The second-order valence-electron chi connectivity index (χ2n) is 6.58. The smallest absolute Gasteiger partial charge is 0.482 e. The monoisotopic (exact) mass is 453 g/mol. The largest absolute Gasteiger partial charge is 0.573 e. The zero-order chi connectivity index (χ0) is 22.6. The zero-order valence-corrected chi connectivity index (χ0v) is 17.3. The number of benzene rings is 2. The van der Waals surface area contributed by atoms with Gasteiger partial charge in [-0.1, -0.05) is 12.1 Å². The second-order valence-corrected chi connectivity index (χ2v) is 7.75. The topological polar surface area (TPSA) is 97.3 Å². The van der Waals surface area contributed by atoms with E-state index in [9.17, 15) is 18.0 Å². The number of aromatic amines is 1. The van der Waals surface area contributed by atoms with Gasteiger partial charge in [-0.3, -0.25) is 0 Å². The summed E-state index contributed by atoms with van der Waals surface area (Å²) >= 11 is 1.35. The standard InChI is InChI=1S/C20H18F3N3O4S/c1-11-3-4-13(8-17(11)30-20(21,22)23)19(15-9-24-26-25-15)31-14-5-6-16(12(2)7-14)29-10-18(27)28/h3-9,19H,10H2,1-2H3,(H,27,28)(H,24,25,26). The molecule has 1 atom stereocenters. The number of thioether (sulfide) groups is 1. The van der Waals surface area contributed by atoms with Crippen molar-refractivity contribution in [2.75, 3.05) is 6.61 Å². The minimum absolute atomic E-state index is 0.285. The van der Waals surface area contributed by atoms with Gasteiger partial charge in [0, 0.05) is 4.90 Å². The van der Waals surface area contributed by atoms with Gasteiger partial charge in [-0.25, -0.2) is 4.79 Å². The fraction of sp³-hybridized carbons (Fsp3) is 0.250. The molecule has 0 amide bonds. The molecule has 164 valence electrons. The van der Waals surface area contributed by atoms with Gasteiger partial charge in [0.05, 0.1) is 11.4 Å². The molecule has 1 aromatic heterocycles. The molecule has 1 heterocycles. The molecule has 31 heavy (non-hydrogen) atoms. The summed E-state index contributed by atoms with van der Waals surface area (Å²) in [7, 11) is 0. The minimum atomic E-state index is -4.80. The van der Waals surface area contributed by atoms with Crippen molar-refractivity contribution < 1.29 is 32.5 Å². The Hall–Kier alpha value is -3.21. The molecule has 2 aromatic carbocycles. The molecule has 0 bridgehead atoms. The first kappa shape index (κ1) is 22.5. The third-order valence-corrected chi connectivity index (χ3v) is 5.47. The lowest BCUT2D eigenvalue weighted by atomic mass is 10.1. The van der Waals surface area contributed by atoms with Gasteiger partial charge in [-0.2, -0.15) is 15.4 Å². The molecule has 3 rings (SSSR count). The highest BCUT2D eigenvalue weighted by molar-refractivity contribution is 7.99. The fourth-order valence-corrected chi connectivity index (χ4v) is 3.96. The third-order valence-electron chi connectivity index (χ3n) is 4.19. The number of aryl methyl sites for hydroxylation is 2. The molecule has 0 aliphatic heterocycles. The van der Waals surface area contributed by atoms with Crippen LogP contribution in [0.3, 0.4) is 0 Å². The van der Waals surface area contributed by atoms with Crippen molar-refractivity contribution in [3.05, 3.63) is 65.0 Å². The Balaban J connectivity index is 1.91. The van der Waals surface area contributed by atoms with Crippen LogP contribution in [0.1, 0.15) is 27.6 Å². The number of hydrogen-bond acceptors (Lipinski definition) is 6. The molecule has 0 spiro atoms. The summed E-state index contributed by atoms with van der Waals surface area (Å²) < 4.78 is 47.7. The second kappa shape index (κ2) is 9.29. The first-order valence-corrected chi connectivity index (χ1v) is 9.84. The Kier molecular flexibility index (Phi) is 6.74. The van der Waals surface area contributed by atoms with E-state index in [4.69, 9.17) is 9.84 Å². The van der Waals surface area contributed by atoms with Crippen LogP contribution in [0, 0.1) is 13.8 Å². The molecule has 0 fully saturated rings. The normalized spacial score (nSPS) is 12.4. The molecular weight excluding hydrogens is 435 g/mol. The molecule has 0 saturated heterocycles. The number of aliphatic carboxylic acids is 1. The van der Waals surface area contributed by atoms with E-state index in [0.29, 0.717) is 22.6 Å². The molecule has 0 aliphatic carbocycles. The fourth-order valence-electron chi connectivity index (χ4n) is 2.78. The number of hydrogen-bond donors (Lipinski definition) is 2. The summed E-state index contributed by atoms with van der Waals surface area (Å²) in [6, 6.07) is 9.79. The van der Waals surface area contributed by atoms with E-state index in [1.807, 2.05) is 0 Å². The van der Waals surface area contributed by atoms with Crippen LogP contribution in [-0.4, -0.2) is 39.5 Å². The first-order chi connectivity index (χ1) is 14.6. The molecule has 0 radical (unpaired) electrons. The predicted octanol–water partition coefficient (Wildman–Crippen LogP) is 4.67. The summed E-state index contributed by atoms with van der Waals surface area (Å²) in [5.74, 6) is -0.936. The quantitative estimate of drug-likeness (QED) is 0.479. The van der Waals surface area contributed by atoms with E-state index in [-0.39, 0.29) is 5.75 Å². The maximum absolute atomic E-state index is 12.8.